The molecular formula is C14H20O. The predicted molar refractivity (Wildman–Crippen MR) is 65.8 cm³/mol. The van der Waals surface area contributed by atoms with Crippen LogP contribution in [-0.2, 0) is 0 Å². The average Bonchev–Trinajstić information content (AvgIpc) is 2.15. The van der Waals surface area contributed by atoms with Gasteiger partial charge in [-0.2, -0.15) is 0 Å². The second kappa shape index (κ2) is 5.01. The fourth-order valence-electron chi connectivity index (χ4n) is 1.64. The third-order valence-corrected chi connectivity index (χ3v) is 2.34. The molecule has 1 heteroatoms. The first-order valence-corrected chi connectivity index (χ1v) is 5.52. The van der Waals surface area contributed by atoms with Crippen LogP contribution < -0.4 is 0 Å². The Kier molecular flexibility index (Phi) is 3.96. The van der Waals surface area contributed by atoms with Gasteiger partial charge in [0.25, 0.3) is 0 Å². The highest BCUT2D eigenvalue weighted by atomic mass is 16.3. The molecule has 0 saturated carbocycles. The van der Waals surface area contributed by atoms with Gasteiger partial charge in [0.15, 0.2) is 0 Å². The van der Waals surface area contributed by atoms with Crippen LogP contribution in [0.1, 0.15) is 33.3 Å². The van der Waals surface area contributed by atoms with Crippen molar-refractivity contribution in [2.45, 2.75) is 27.7 Å². The first-order chi connectivity index (χ1) is 7.00. The number of rotatable bonds is 3. The topological polar surface area (TPSA) is 20.2 Å². The number of aromatic hydroxyl groups is 1. The molecule has 0 aliphatic carbocycles. The molecule has 15 heavy (non-hydrogen) atoms. The van der Waals surface area contributed by atoms with Gasteiger partial charge in [-0.05, 0) is 35.1 Å². The van der Waals surface area contributed by atoms with Crippen molar-refractivity contribution in [2.24, 2.45) is 11.8 Å². The molecule has 0 atom stereocenters. The first kappa shape index (κ1) is 11.8. The van der Waals surface area contributed by atoms with E-state index in [2.05, 4.69) is 33.8 Å². The molecule has 0 aliphatic heterocycles. The van der Waals surface area contributed by atoms with Gasteiger partial charge in [-0.25, -0.2) is 0 Å². The van der Waals surface area contributed by atoms with Crippen LogP contribution >= 0.6 is 0 Å². The monoisotopic (exact) mass is 204 g/mol. The maximum Gasteiger partial charge on any atom is 0.115 e. The molecule has 82 valence electrons. The van der Waals surface area contributed by atoms with Crippen molar-refractivity contribution >= 4 is 5.57 Å². The summed E-state index contributed by atoms with van der Waals surface area (Å²) in [6.45, 7) is 8.76. The quantitative estimate of drug-likeness (QED) is 0.786. The smallest absolute Gasteiger partial charge is 0.115 e. The van der Waals surface area contributed by atoms with Crippen LogP contribution in [0.5, 0.6) is 5.75 Å². The zero-order chi connectivity index (χ0) is 11.4. The zero-order valence-electron chi connectivity index (χ0n) is 9.99. The highest BCUT2D eigenvalue weighted by Gasteiger charge is 2.06. The predicted octanol–water partition coefficient (Wildman–Crippen LogP) is 4.09. The molecular weight excluding hydrogens is 184 g/mol. The van der Waals surface area contributed by atoms with Crippen LogP contribution in [0.3, 0.4) is 0 Å². The molecule has 1 aromatic rings. The van der Waals surface area contributed by atoms with Crippen LogP contribution in [-0.4, -0.2) is 5.11 Å². The van der Waals surface area contributed by atoms with E-state index in [9.17, 15) is 5.11 Å². The van der Waals surface area contributed by atoms with Gasteiger partial charge in [-0.1, -0.05) is 45.9 Å². The summed E-state index contributed by atoms with van der Waals surface area (Å²) in [6.07, 6.45) is 2.29. The molecule has 1 rings (SSSR count). The molecule has 0 bridgehead atoms. The van der Waals surface area contributed by atoms with Crippen molar-refractivity contribution < 1.29 is 5.11 Å². The van der Waals surface area contributed by atoms with Gasteiger partial charge < -0.3 is 5.11 Å². The Morgan fingerprint density at radius 1 is 1.07 bits per heavy atom. The van der Waals surface area contributed by atoms with Crippen molar-refractivity contribution in [1.82, 2.24) is 0 Å². The summed E-state index contributed by atoms with van der Waals surface area (Å²) >= 11 is 0. The average molecular weight is 204 g/mol. The molecule has 0 aromatic heterocycles. The highest BCUT2D eigenvalue weighted by Crippen LogP contribution is 2.26. The highest BCUT2D eigenvalue weighted by molar-refractivity contribution is 5.67. The minimum Gasteiger partial charge on any atom is -0.508 e. The minimum atomic E-state index is 0.325. The second-order valence-corrected chi connectivity index (χ2v) is 4.57. The van der Waals surface area contributed by atoms with Gasteiger partial charge >= 0.3 is 0 Å². The standard InChI is InChI=1S/C14H20O/c1-10(2)9-14(11(3)4)12-5-7-13(15)8-6-12/h5-11,15H,1-4H3. The molecule has 0 radical (unpaired) electrons. The summed E-state index contributed by atoms with van der Waals surface area (Å²) in [5.74, 6) is 1.39. The molecule has 0 amide bonds. The minimum absolute atomic E-state index is 0.325. The molecule has 0 spiro atoms. The summed E-state index contributed by atoms with van der Waals surface area (Å²) < 4.78 is 0. The summed E-state index contributed by atoms with van der Waals surface area (Å²) in [7, 11) is 0. The lowest BCUT2D eigenvalue weighted by atomic mass is 9.92. The van der Waals surface area contributed by atoms with E-state index in [-0.39, 0.29) is 0 Å². The van der Waals surface area contributed by atoms with Crippen LogP contribution in [0, 0.1) is 11.8 Å². The molecule has 1 N–H and O–H groups in total. The Hall–Kier alpha value is -1.24. The lowest BCUT2D eigenvalue weighted by molar-refractivity contribution is 0.475. The van der Waals surface area contributed by atoms with Crippen molar-refractivity contribution in [3.05, 3.63) is 35.9 Å². The Bertz CT molecular complexity index is 331. The summed E-state index contributed by atoms with van der Waals surface area (Å²) in [5.41, 5.74) is 2.56. The van der Waals surface area contributed by atoms with Gasteiger partial charge in [0.2, 0.25) is 0 Å². The maximum absolute atomic E-state index is 9.24. The van der Waals surface area contributed by atoms with E-state index in [1.807, 2.05) is 12.1 Å². The number of hydrogen-bond donors (Lipinski definition) is 1. The number of phenols is 1. The van der Waals surface area contributed by atoms with Crippen LogP contribution in [0.25, 0.3) is 5.57 Å². The Labute approximate surface area is 92.5 Å². The van der Waals surface area contributed by atoms with Gasteiger partial charge in [-0.15, -0.1) is 0 Å². The van der Waals surface area contributed by atoms with E-state index in [0.717, 1.165) is 0 Å². The molecule has 0 unspecified atom stereocenters. The van der Waals surface area contributed by atoms with Gasteiger partial charge in [0.1, 0.15) is 5.75 Å². The third-order valence-electron chi connectivity index (χ3n) is 2.34. The first-order valence-electron chi connectivity index (χ1n) is 5.52. The van der Waals surface area contributed by atoms with Gasteiger partial charge in [0.05, 0.1) is 0 Å². The van der Waals surface area contributed by atoms with Crippen LogP contribution in [0.15, 0.2) is 30.3 Å². The molecule has 1 nitrogen and oxygen atoms in total. The van der Waals surface area contributed by atoms with E-state index >= 15 is 0 Å². The molecule has 0 heterocycles. The Morgan fingerprint density at radius 3 is 2.00 bits per heavy atom. The van der Waals surface area contributed by atoms with Crippen molar-refractivity contribution in [2.75, 3.05) is 0 Å². The normalized spacial score (nSPS) is 12.5. The van der Waals surface area contributed by atoms with Gasteiger partial charge in [-0.3, -0.25) is 0 Å². The molecule has 1 aromatic carbocycles. The fraction of sp³-hybridized carbons (Fsp3) is 0.429. The third kappa shape index (κ3) is 3.43. The zero-order valence-corrected chi connectivity index (χ0v) is 9.99. The molecule has 0 aliphatic rings. The Morgan fingerprint density at radius 2 is 1.60 bits per heavy atom. The second-order valence-electron chi connectivity index (χ2n) is 4.57. The van der Waals surface area contributed by atoms with Crippen LogP contribution in [0.4, 0.5) is 0 Å². The number of hydrogen-bond acceptors (Lipinski definition) is 1. The van der Waals surface area contributed by atoms with E-state index in [0.29, 0.717) is 17.6 Å². The summed E-state index contributed by atoms with van der Waals surface area (Å²) in [5, 5.41) is 9.24. The lowest BCUT2D eigenvalue weighted by Crippen LogP contribution is -1.96. The lowest BCUT2D eigenvalue weighted by Gasteiger charge is -2.13. The molecule has 0 saturated heterocycles. The van der Waals surface area contributed by atoms with Gasteiger partial charge in [0, 0.05) is 0 Å². The van der Waals surface area contributed by atoms with Crippen molar-refractivity contribution in [3.8, 4) is 5.75 Å². The molecule has 0 fully saturated rings. The van der Waals surface area contributed by atoms with Crippen LogP contribution in [0.2, 0.25) is 0 Å². The summed E-state index contributed by atoms with van der Waals surface area (Å²) in [4.78, 5) is 0. The number of phenolic OH excluding ortho intramolecular Hbond substituents is 1. The largest absolute Gasteiger partial charge is 0.508 e. The fourth-order valence-corrected chi connectivity index (χ4v) is 1.64. The SMILES string of the molecule is CC(C)C=C(c1ccc(O)cc1)C(C)C. The van der Waals surface area contributed by atoms with E-state index in [1.54, 1.807) is 12.1 Å². The van der Waals surface area contributed by atoms with Crippen molar-refractivity contribution in [1.29, 1.82) is 0 Å². The van der Waals surface area contributed by atoms with E-state index in [1.165, 1.54) is 11.1 Å². The van der Waals surface area contributed by atoms with Crippen molar-refractivity contribution in [3.63, 3.8) is 0 Å². The number of allylic oxidation sites excluding steroid dienone is 2. The Balaban J connectivity index is 3.05. The van der Waals surface area contributed by atoms with E-state index in [4.69, 9.17) is 0 Å². The van der Waals surface area contributed by atoms with E-state index < -0.39 is 0 Å². The maximum atomic E-state index is 9.24. The summed E-state index contributed by atoms with van der Waals surface area (Å²) in [6, 6.07) is 7.44. The number of benzene rings is 1.